The van der Waals surface area contributed by atoms with E-state index in [0.29, 0.717) is 17.8 Å². The molecule has 4 nitrogen and oxygen atoms in total. The normalized spacial score (nSPS) is 11.6. The summed E-state index contributed by atoms with van der Waals surface area (Å²) in [6, 6.07) is 10.2. The molecule has 0 N–H and O–H groups in total. The Kier molecular flexibility index (Phi) is 6.41. The van der Waals surface area contributed by atoms with Crippen LogP contribution in [0, 0.1) is 0 Å². The fourth-order valence-corrected chi connectivity index (χ4v) is 3.63. The van der Waals surface area contributed by atoms with Crippen LogP contribution in [0.2, 0.25) is 4.82 Å². The number of carbonyl (C=O) groups excluding carboxylic acids is 1. The van der Waals surface area contributed by atoms with Gasteiger partial charge in [-0.15, -0.1) is 0 Å². The maximum absolute atomic E-state index is 11.0. The molecule has 1 rings (SSSR count). The van der Waals surface area contributed by atoms with Gasteiger partial charge in [-0.3, -0.25) is 0 Å². The molecule has 90 valence electrons. The molecule has 0 fully saturated rings. The topological polar surface area (TPSA) is 65.8 Å². The van der Waals surface area contributed by atoms with E-state index in [2.05, 4.69) is 22.2 Å². The molecule has 0 aromatic heterocycles. The summed E-state index contributed by atoms with van der Waals surface area (Å²) in [6.45, 7) is 2.08. The van der Waals surface area contributed by atoms with Gasteiger partial charge in [0.15, 0.2) is 0 Å². The maximum atomic E-state index is 11.0. The number of ketones is 1. The summed E-state index contributed by atoms with van der Waals surface area (Å²) < 4.78 is 1.28. The fraction of sp³-hybridized carbons (Fsp3) is 0.417. The molecule has 0 bridgehead atoms. The molecule has 0 amide bonds. The van der Waals surface area contributed by atoms with Crippen LogP contribution < -0.4 is 4.46 Å². The summed E-state index contributed by atoms with van der Waals surface area (Å²) in [5.74, 6) is 0.194. The second-order valence-corrected chi connectivity index (χ2v) is 6.59. The first-order valence-electron chi connectivity index (χ1n) is 5.44. The van der Waals surface area contributed by atoms with Gasteiger partial charge in [0.2, 0.25) is 0 Å². The molecule has 0 radical (unpaired) electrons. The molecule has 0 aliphatic rings. The first-order valence-corrected chi connectivity index (χ1v) is 7.29. The van der Waals surface area contributed by atoms with Crippen LogP contribution in [0.5, 0.6) is 0 Å². The van der Waals surface area contributed by atoms with Crippen LogP contribution in [0.15, 0.2) is 35.4 Å². The summed E-state index contributed by atoms with van der Waals surface area (Å²) in [6.07, 6.45) is 1.38. The van der Waals surface area contributed by atoms with Crippen LogP contribution in [0.25, 0.3) is 10.4 Å². The van der Waals surface area contributed by atoms with E-state index >= 15 is 0 Å². The van der Waals surface area contributed by atoms with Crippen molar-refractivity contribution >= 4 is 25.2 Å². The van der Waals surface area contributed by atoms with Gasteiger partial charge in [0.25, 0.3) is 0 Å². The summed E-state index contributed by atoms with van der Waals surface area (Å²) in [7, 11) is 0. The summed E-state index contributed by atoms with van der Waals surface area (Å²) in [5, 5.41) is 3.63. The third kappa shape index (κ3) is 6.12. The van der Waals surface area contributed by atoms with Crippen molar-refractivity contribution in [1.82, 2.24) is 0 Å². The SMILES string of the molecule is CC(=O)CCC(CN=[N+]=[N-])[Se]c1ccccc1. The van der Waals surface area contributed by atoms with Gasteiger partial charge in [0.1, 0.15) is 0 Å². The molecule has 0 heterocycles. The summed E-state index contributed by atoms with van der Waals surface area (Å²) >= 11 is 0.255. The summed E-state index contributed by atoms with van der Waals surface area (Å²) in [4.78, 5) is 14.1. The van der Waals surface area contributed by atoms with Crippen molar-refractivity contribution in [3.63, 3.8) is 0 Å². The minimum atomic E-state index is 0.194. The number of nitrogens with zero attached hydrogens (tertiary/aromatic N) is 3. The van der Waals surface area contributed by atoms with Gasteiger partial charge in [0.05, 0.1) is 0 Å². The van der Waals surface area contributed by atoms with Gasteiger partial charge >= 0.3 is 107 Å². The molecular weight excluding hydrogens is 281 g/mol. The van der Waals surface area contributed by atoms with E-state index in [1.54, 1.807) is 6.92 Å². The Labute approximate surface area is 107 Å². The van der Waals surface area contributed by atoms with E-state index < -0.39 is 0 Å². The van der Waals surface area contributed by atoms with Crippen LogP contribution in [0.4, 0.5) is 0 Å². The number of azide groups is 1. The molecule has 0 spiro atoms. The van der Waals surface area contributed by atoms with Crippen LogP contribution in [-0.4, -0.2) is 27.3 Å². The zero-order valence-electron chi connectivity index (χ0n) is 9.74. The van der Waals surface area contributed by atoms with E-state index in [0.717, 1.165) is 6.42 Å². The Morgan fingerprint density at radius 3 is 2.76 bits per heavy atom. The Hall–Kier alpha value is -1.28. The monoisotopic (exact) mass is 297 g/mol. The van der Waals surface area contributed by atoms with Crippen molar-refractivity contribution in [2.75, 3.05) is 6.54 Å². The number of carbonyl (C=O) groups is 1. The predicted octanol–water partition coefficient (Wildman–Crippen LogP) is 2.48. The van der Waals surface area contributed by atoms with Crippen molar-refractivity contribution in [3.05, 3.63) is 40.8 Å². The minimum absolute atomic E-state index is 0.194. The Morgan fingerprint density at radius 2 is 2.18 bits per heavy atom. The number of benzene rings is 1. The molecule has 17 heavy (non-hydrogen) atoms. The Balaban J connectivity index is 2.56. The van der Waals surface area contributed by atoms with E-state index in [9.17, 15) is 4.79 Å². The molecule has 0 saturated heterocycles. The van der Waals surface area contributed by atoms with Gasteiger partial charge in [-0.05, 0) is 0 Å². The van der Waals surface area contributed by atoms with Crippen LogP contribution in [0.1, 0.15) is 19.8 Å². The number of Topliss-reactive ketones (excluding diaryl/α,β-unsaturated/α-hetero) is 1. The Morgan fingerprint density at radius 1 is 1.47 bits per heavy atom. The second-order valence-electron chi connectivity index (χ2n) is 3.71. The molecule has 0 saturated carbocycles. The molecule has 1 atom stereocenters. The first kappa shape index (κ1) is 13.8. The fourth-order valence-electron chi connectivity index (χ4n) is 1.37. The zero-order valence-corrected chi connectivity index (χ0v) is 11.5. The third-order valence-corrected chi connectivity index (χ3v) is 4.86. The average molecular weight is 296 g/mol. The van der Waals surface area contributed by atoms with Gasteiger partial charge in [0, 0.05) is 0 Å². The molecule has 5 heteroatoms. The molecule has 1 aromatic rings. The molecule has 0 aliphatic carbocycles. The molecule has 0 aliphatic heterocycles. The quantitative estimate of drug-likeness (QED) is 0.330. The first-order chi connectivity index (χ1) is 8.22. The van der Waals surface area contributed by atoms with Crippen molar-refractivity contribution in [1.29, 1.82) is 0 Å². The van der Waals surface area contributed by atoms with Gasteiger partial charge in [-0.2, -0.15) is 0 Å². The molecule has 1 unspecified atom stereocenters. The standard InChI is InChI=1S/C12H15N3OSe/c1-10(16)7-8-12(9-14-15-13)17-11-5-3-2-4-6-11/h2-6,12H,7-9H2,1H3. The van der Waals surface area contributed by atoms with Crippen molar-refractivity contribution in [2.45, 2.75) is 24.6 Å². The van der Waals surface area contributed by atoms with Gasteiger partial charge < -0.3 is 0 Å². The average Bonchev–Trinajstić information content (AvgIpc) is 2.34. The van der Waals surface area contributed by atoms with E-state index in [-0.39, 0.29) is 20.7 Å². The van der Waals surface area contributed by atoms with E-state index in [1.165, 1.54) is 4.46 Å². The van der Waals surface area contributed by atoms with Crippen molar-refractivity contribution < 1.29 is 4.79 Å². The third-order valence-electron chi connectivity index (χ3n) is 2.21. The van der Waals surface area contributed by atoms with Crippen LogP contribution in [-0.2, 0) is 4.79 Å². The molecular formula is C12H15N3OSe. The number of hydrogen-bond acceptors (Lipinski definition) is 2. The van der Waals surface area contributed by atoms with Crippen LogP contribution >= 0.6 is 0 Å². The van der Waals surface area contributed by atoms with Gasteiger partial charge in [-0.25, -0.2) is 0 Å². The number of hydrogen-bond donors (Lipinski definition) is 0. The molecule has 1 aromatic carbocycles. The Bertz CT molecular complexity index is 401. The van der Waals surface area contributed by atoms with Crippen molar-refractivity contribution in [3.8, 4) is 0 Å². The predicted molar refractivity (Wildman–Crippen MR) is 69.5 cm³/mol. The van der Waals surface area contributed by atoms with Gasteiger partial charge in [-0.1, -0.05) is 0 Å². The van der Waals surface area contributed by atoms with E-state index in [1.807, 2.05) is 18.2 Å². The van der Waals surface area contributed by atoms with Crippen molar-refractivity contribution in [2.24, 2.45) is 5.11 Å². The number of rotatable bonds is 7. The second kappa shape index (κ2) is 7.91. The van der Waals surface area contributed by atoms with Crippen LogP contribution in [0.3, 0.4) is 0 Å². The zero-order chi connectivity index (χ0) is 12.5. The van der Waals surface area contributed by atoms with E-state index in [4.69, 9.17) is 5.53 Å². The summed E-state index contributed by atoms with van der Waals surface area (Å²) in [5.41, 5.74) is 8.36.